The molecule has 2 aromatic rings. The third-order valence-electron chi connectivity index (χ3n) is 5.58. The summed E-state index contributed by atoms with van der Waals surface area (Å²) in [7, 11) is 0. The van der Waals surface area contributed by atoms with Crippen molar-refractivity contribution in [1.29, 1.82) is 0 Å². The van der Waals surface area contributed by atoms with Gasteiger partial charge in [0.1, 0.15) is 0 Å². The second-order valence-corrected chi connectivity index (χ2v) is 8.17. The van der Waals surface area contributed by atoms with E-state index in [4.69, 9.17) is 0 Å². The molecule has 2 aromatic carbocycles. The summed E-state index contributed by atoms with van der Waals surface area (Å²) in [6.07, 6.45) is 2.29. The standard InChI is InChI=1S/C18H14O8.C7H14N2O/c19-13(11-7-3-1-4-8-11)17(25,15(21)22)18(26,16(23)24)14(20)12-9-5-2-6-10-12;1-6(10)9-7-3-2-4-8-5-7/h1-10,25-26H,(H,21,22)(H,23,24);7-8H,2-5H2,1H3,(H,9,10)/t;7-/m.1/s1. The van der Waals surface area contributed by atoms with Crippen LogP contribution in [-0.4, -0.2) is 80.2 Å². The summed E-state index contributed by atoms with van der Waals surface area (Å²) in [5, 5.41) is 46.0. The van der Waals surface area contributed by atoms with Gasteiger partial charge in [0, 0.05) is 30.6 Å². The van der Waals surface area contributed by atoms with Crippen LogP contribution in [0.5, 0.6) is 0 Å². The molecular formula is C25H28N2O9. The fourth-order valence-electron chi connectivity index (χ4n) is 3.69. The average molecular weight is 501 g/mol. The van der Waals surface area contributed by atoms with E-state index in [9.17, 15) is 44.4 Å². The number of hydrogen-bond donors (Lipinski definition) is 6. The van der Waals surface area contributed by atoms with Crippen molar-refractivity contribution < 1.29 is 44.4 Å². The zero-order valence-corrected chi connectivity index (χ0v) is 19.5. The number of hydrogen-bond acceptors (Lipinski definition) is 8. The Morgan fingerprint density at radius 1 is 0.806 bits per heavy atom. The molecule has 1 aliphatic heterocycles. The third kappa shape index (κ3) is 6.00. The predicted octanol–water partition coefficient (Wildman–Crippen LogP) is 0.258. The lowest BCUT2D eigenvalue weighted by atomic mass is 9.73. The first kappa shape index (κ1) is 28.3. The highest BCUT2D eigenvalue weighted by Gasteiger charge is 2.69. The number of amides is 1. The number of carboxylic acid groups (broad SMARTS) is 2. The number of piperidine rings is 1. The first-order valence-electron chi connectivity index (χ1n) is 11.0. The lowest BCUT2D eigenvalue weighted by molar-refractivity contribution is -0.187. The van der Waals surface area contributed by atoms with Gasteiger partial charge in [-0.15, -0.1) is 0 Å². The summed E-state index contributed by atoms with van der Waals surface area (Å²) in [6, 6.07) is 13.2. The number of carbonyl (C=O) groups excluding carboxylic acids is 3. The van der Waals surface area contributed by atoms with E-state index < -0.39 is 45.8 Å². The summed E-state index contributed by atoms with van der Waals surface area (Å²) in [5.74, 6) is -7.95. The van der Waals surface area contributed by atoms with E-state index in [1.165, 1.54) is 42.8 Å². The minimum Gasteiger partial charge on any atom is -0.479 e. The minimum atomic E-state index is -3.95. The van der Waals surface area contributed by atoms with Gasteiger partial charge in [-0.25, -0.2) is 9.59 Å². The van der Waals surface area contributed by atoms with E-state index in [-0.39, 0.29) is 5.91 Å². The maximum atomic E-state index is 12.6. The van der Waals surface area contributed by atoms with Crippen molar-refractivity contribution in [3.63, 3.8) is 0 Å². The molecule has 0 bridgehead atoms. The Morgan fingerprint density at radius 2 is 1.22 bits per heavy atom. The molecule has 3 rings (SSSR count). The molecule has 0 aliphatic carbocycles. The highest BCUT2D eigenvalue weighted by atomic mass is 16.5. The molecule has 0 spiro atoms. The second-order valence-electron chi connectivity index (χ2n) is 8.17. The number of aliphatic hydroxyl groups is 2. The second kappa shape index (κ2) is 12.2. The van der Waals surface area contributed by atoms with Gasteiger partial charge < -0.3 is 31.1 Å². The largest absolute Gasteiger partial charge is 0.479 e. The van der Waals surface area contributed by atoms with E-state index in [1.807, 2.05) is 0 Å². The molecule has 1 aliphatic rings. The van der Waals surface area contributed by atoms with Gasteiger partial charge in [-0.2, -0.15) is 0 Å². The van der Waals surface area contributed by atoms with Crippen LogP contribution in [0.2, 0.25) is 0 Å². The minimum absolute atomic E-state index is 0.0775. The molecule has 0 radical (unpaired) electrons. The van der Waals surface area contributed by atoms with Gasteiger partial charge in [-0.05, 0) is 19.4 Å². The van der Waals surface area contributed by atoms with Crippen LogP contribution >= 0.6 is 0 Å². The van der Waals surface area contributed by atoms with Gasteiger partial charge in [-0.3, -0.25) is 14.4 Å². The summed E-state index contributed by atoms with van der Waals surface area (Å²) < 4.78 is 0. The molecule has 0 aromatic heterocycles. The summed E-state index contributed by atoms with van der Waals surface area (Å²) in [5.41, 5.74) is -8.68. The monoisotopic (exact) mass is 500 g/mol. The molecule has 0 saturated carbocycles. The van der Waals surface area contributed by atoms with Crippen LogP contribution in [0.15, 0.2) is 60.7 Å². The van der Waals surface area contributed by atoms with E-state index in [0.717, 1.165) is 43.8 Å². The van der Waals surface area contributed by atoms with E-state index >= 15 is 0 Å². The fourth-order valence-corrected chi connectivity index (χ4v) is 3.69. The summed E-state index contributed by atoms with van der Waals surface area (Å²) >= 11 is 0. The first-order chi connectivity index (χ1) is 17.0. The van der Waals surface area contributed by atoms with Crippen LogP contribution in [0.1, 0.15) is 40.5 Å². The summed E-state index contributed by atoms with van der Waals surface area (Å²) in [6.45, 7) is 3.59. The molecule has 11 nitrogen and oxygen atoms in total. The molecule has 6 N–H and O–H groups in total. The molecule has 1 amide bonds. The quantitative estimate of drug-likeness (QED) is 0.216. The van der Waals surface area contributed by atoms with Crippen LogP contribution in [0, 0.1) is 0 Å². The van der Waals surface area contributed by atoms with Crippen LogP contribution in [0.3, 0.4) is 0 Å². The molecule has 2 unspecified atom stereocenters. The Hall–Kier alpha value is -3.93. The molecule has 1 saturated heterocycles. The van der Waals surface area contributed by atoms with Crippen molar-refractivity contribution >= 4 is 29.4 Å². The SMILES string of the molecule is CC(=O)N[C@@H]1CCCNC1.O=C(O)C(O)(C(=O)c1ccccc1)C(O)(C(=O)O)C(=O)c1ccccc1. The topological polar surface area (TPSA) is 190 Å². The van der Waals surface area contributed by atoms with Gasteiger partial charge in [0.05, 0.1) is 0 Å². The normalized spacial score (nSPS) is 18.2. The van der Waals surface area contributed by atoms with Gasteiger partial charge in [0.2, 0.25) is 17.5 Å². The Bertz CT molecular complexity index is 1030. The van der Waals surface area contributed by atoms with Crippen LogP contribution < -0.4 is 10.6 Å². The maximum absolute atomic E-state index is 12.6. The zero-order chi connectivity index (χ0) is 26.9. The van der Waals surface area contributed by atoms with Crippen molar-refractivity contribution in [2.75, 3.05) is 13.1 Å². The number of aliphatic carboxylic acids is 2. The highest BCUT2D eigenvalue weighted by molar-refractivity contribution is 6.28. The Balaban J connectivity index is 0.000000380. The zero-order valence-electron chi connectivity index (χ0n) is 19.5. The van der Waals surface area contributed by atoms with Crippen molar-refractivity contribution in [3.8, 4) is 0 Å². The van der Waals surface area contributed by atoms with Crippen molar-refractivity contribution in [2.45, 2.75) is 37.0 Å². The number of ketones is 2. The fraction of sp³-hybridized carbons (Fsp3) is 0.320. The molecule has 3 atom stereocenters. The lowest BCUT2D eigenvalue weighted by Gasteiger charge is -2.34. The number of carboxylic acids is 2. The van der Waals surface area contributed by atoms with Crippen molar-refractivity contribution in [2.24, 2.45) is 0 Å². The smallest absolute Gasteiger partial charge is 0.348 e. The summed E-state index contributed by atoms with van der Waals surface area (Å²) in [4.78, 5) is 59.1. The number of nitrogens with one attached hydrogen (secondary N) is 2. The lowest BCUT2D eigenvalue weighted by Crippen LogP contribution is -2.71. The maximum Gasteiger partial charge on any atom is 0.348 e. The van der Waals surface area contributed by atoms with Gasteiger partial charge in [0.25, 0.3) is 11.2 Å². The van der Waals surface area contributed by atoms with E-state index in [0.29, 0.717) is 6.04 Å². The Kier molecular flexibility index (Phi) is 9.56. The Morgan fingerprint density at radius 3 is 1.53 bits per heavy atom. The molecule has 1 heterocycles. The van der Waals surface area contributed by atoms with Gasteiger partial charge >= 0.3 is 11.9 Å². The van der Waals surface area contributed by atoms with E-state index in [2.05, 4.69) is 10.6 Å². The third-order valence-corrected chi connectivity index (χ3v) is 5.58. The number of Topliss-reactive ketones (excluding diaryl/α,β-unsaturated/α-hetero) is 2. The Labute approximate surface area is 206 Å². The van der Waals surface area contributed by atoms with E-state index in [1.54, 1.807) is 6.92 Å². The number of benzene rings is 2. The number of rotatable bonds is 8. The molecule has 11 heteroatoms. The van der Waals surface area contributed by atoms with Crippen molar-refractivity contribution in [1.82, 2.24) is 10.6 Å². The van der Waals surface area contributed by atoms with Crippen molar-refractivity contribution in [3.05, 3.63) is 71.8 Å². The van der Waals surface area contributed by atoms with Crippen LogP contribution in [-0.2, 0) is 14.4 Å². The first-order valence-corrected chi connectivity index (χ1v) is 11.0. The highest BCUT2D eigenvalue weighted by Crippen LogP contribution is 2.31. The van der Waals surface area contributed by atoms with Crippen LogP contribution in [0.4, 0.5) is 0 Å². The molecule has 192 valence electrons. The molecule has 36 heavy (non-hydrogen) atoms. The van der Waals surface area contributed by atoms with Crippen LogP contribution in [0.25, 0.3) is 0 Å². The molecular weight excluding hydrogens is 472 g/mol. The predicted molar refractivity (Wildman–Crippen MR) is 126 cm³/mol. The van der Waals surface area contributed by atoms with Gasteiger partial charge in [0.15, 0.2) is 0 Å². The molecule has 1 fully saturated rings. The van der Waals surface area contributed by atoms with Gasteiger partial charge in [-0.1, -0.05) is 60.7 Å². The number of carbonyl (C=O) groups is 5. The average Bonchev–Trinajstić information content (AvgIpc) is 2.88.